The summed E-state index contributed by atoms with van der Waals surface area (Å²) in [4.78, 5) is 1.15. The maximum absolute atomic E-state index is 4.46. The van der Waals surface area contributed by atoms with Crippen LogP contribution in [0, 0.1) is 5.92 Å². The van der Waals surface area contributed by atoms with Crippen molar-refractivity contribution in [2.24, 2.45) is 5.92 Å². The lowest BCUT2D eigenvalue weighted by Gasteiger charge is -2.12. The van der Waals surface area contributed by atoms with Crippen LogP contribution in [0.3, 0.4) is 0 Å². The van der Waals surface area contributed by atoms with Gasteiger partial charge in [-0.15, -0.1) is 12.6 Å². The summed E-state index contributed by atoms with van der Waals surface area (Å²) in [6.07, 6.45) is 2.81. The van der Waals surface area contributed by atoms with Crippen molar-refractivity contribution in [2.75, 3.05) is 0 Å². The molecule has 2 rings (SSSR count). The molecule has 1 aliphatic rings. The molecule has 1 heteroatoms. The zero-order valence-corrected chi connectivity index (χ0v) is 8.22. The van der Waals surface area contributed by atoms with Crippen molar-refractivity contribution < 1.29 is 0 Å². The molecule has 0 spiro atoms. The van der Waals surface area contributed by atoms with Crippen molar-refractivity contribution >= 4 is 12.6 Å². The zero-order chi connectivity index (χ0) is 8.55. The van der Waals surface area contributed by atoms with Crippen molar-refractivity contribution in [2.45, 2.75) is 30.6 Å². The second-order valence-electron chi connectivity index (χ2n) is 3.68. The average molecular weight is 178 g/mol. The number of hydrogen-bond acceptors (Lipinski definition) is 1. The standard InChI is InChI=1S/C11H14S/c1-8(9-6-7-9)10-4-2-3-5-11(10)12/h2-5,8-9,12H,6-7H2,1H3. The van der Waals surface area contributed by atoms with Gasteiger partial charge in [-0.25, -0.2) is 0 Å². The summed E-state index contributed by atoms with van der Waals surface area (Å²) in [5.74, 6) is 1.64. The van der Waals surface area contributed by atoms with E-state index in [4.69, 9.17) is 0 Å². The van der Waals surface area contributed by atoms with E-state index < -0.39 is 0 Å². The predicted octanol–water partition coefficient (Wildman–Crippen LogP) is 3.49. The van der Waals surface area contributed by atoms with Gasteiger partial charge in [-0.2, -0.15) is 0 Å². The molecule has 0 aromatic heterocycles. The molecule has 1 aromatic carbocycles. The Morgan fingerprint density at radius 1 is 1.33 bits per heavy atom. The van der Waals surface area contributed by atoms with E-state index in [9.17, 15) is 0 Å². The molecule has 0 nitrogen and oxygen atoms in total. The van der Waals surface area contributed by atoms with Crippen molar-refractivity contribution in [3.63, 3.8) is 0 Å². The minimum atomic E-state index is 0.707. The van der Waals surface area contributed by atoms with Crippen LogP contribution in [0.2, 0.25) is 0 Å². The number of benzene rings is 1. The van der Waals surface area contributed by atoms with E-state index in [2.05, 4.69) is 37.8 Å². The monoisotopic (exact) mass is 178 g/mol. The highest BCUT2D eigenvalue weighted by atomic mass is 32.1. The Labute approximate surface area is 79.4 Å². The minimum Gasteiger partial charge on any atom is -0.143 e. The Morgan fingerprint density at radius 2 is 2.00 bits per heavy atom. The lowest BCUT2D eigenvalue weighted by Crippen LogP contribution is -1.96. The van der Waals surface area contributed by atoms with Gasteiger partial charge in [0, 0.05) is 4.90 Å². The molecule has 1 atom stereocenters. The van der Waals surface area contributed by atoms with Gasteiger partial charge >= 0.3 is 0 Å². The summed E-state index contributed by atoms with van der Waals surface area (Å²) in [7, 11) is 0. The molecule has 0 heterocycles. The zero-order valence-electron chi connectivity index (χ0n) is 7.33. The number of hydrogen-bond donors (Lipinski definition) is 1. The molecule has 1 fully saturated rings. The van der Waals surface area contributed by atoms with Gasteiger partial charge in [-0.3, -0.25) is 0 Å². The summed E-state index contributed by atoms with van der Waals surface area (Å²) in [6, 6.07) is 8.43. The largest absolute Gasteiger partial charge is 0.143 e. The molecule has 1 aliphatic carbocycles. The van der Waals surface area contributed by atoms with Crippen molar-refractivity contribution in [3.05, 3.63) is 29.8 Å². The topological polar surface area (TPSA) is 0 Å². The first-order valence-electron chi connectivity index (χ1n) is 4.57. The first kappa shape index (κ1) is 8.18. The van der Waals surface area contributed by atoms with Crippen LogP contribution in [0.25, 0.3) is 0 Å². The third-order valence-corrected chi connectivity index (χ3v) is 3.16. The molecular formula is C11H14S. The van der Waals surface area contributed by atoms with Crippen LogP contribution in [0.15, 0.2) is 29.2 Å². The Bertz CT molecular complexity index is 276. The van der Waals surface area contributed by atoms with Gasteiger partial charge in [0.1, 0.15) is 0 Å². The third-order valence-electron chi connectivity index (χ3n) is 2.76. The molecular weight excluding hydrogens is 164 g/mol. The highest BCUT2D eigenvalue weighted by Crippen LogP contribution is 2.43. The molecule has 1 aromatic rings. The summed E-state index contributed by atoms with van der Waals surface area (Å²) in [6.45, 7) is 2.31. The van der Waals surface area contributed by atoms with E-state index in [1.54, 1.807) is 0 Å². The Kier molecular flexibility index (Phi) is 2.14. The lowest BCUT2D eigenvalue weighted by molar-refractivity contribution is 0.653. The normalized spacial score (nSPS) is 19.2. The Balaban J connectivity index is 2.25. The van der Waals surface area contributed by atoms with Gasteiger partial charge in [0.05, 0.1) is 0 Å². The quantitative estimate of drug-likeness (QED) is 0.658. The summed E-state index contributed by atoms with van der Waals surface area (Å²) in [5, 5.41) is 0. The Morgan fingerprint density at radius 3 is 2.58 bits per heavy atom. The average Bonchev–Trinajstić information content (AvgIpc) is 2.86. The van der Waals surface area contributed by atoms with Crippen LogP contribution in [-0.4, -0.2) is 0 Å². The molecule has 1 saturated carbocycles. The van der Waals surface area contributed by atoms with Gasteiger partial charge in [0.15, 0.2) is 0 Å². The van der Waals surface area contributed by atoms with E-state index in [1.165, 1.54) is 18.4 Å². The first-order chi connectivity index (χ1) is 5.79. The van der Waals surface area contributed by atoms with E-state index in [0.29, 0.717) is 5.92 Å². The molecule has 0 saturated heterocycles. The van der Waals surface area contributed by atoms with Gasteiger partial charge in [-0.05, 0) is 36.3 Å². The van der Waals surface area contributed by atoms with Crippen molar-refractivity contribution in [3.8, 4) is 0 Å². The molecule has 64 valence electrons. The maximum atomic E-state index is 4.46. The van der Waals surface area contributed by atoms with Crippen LogP contribution in [-0.2, 0) is 0 Å². The lowest BCUT2D eigenvalue weighted by atomic mass is 9.96. The number of rotatable bonds is 2. The summed E-state index contributed by atoms with van der Waals surface area (Å²) < 4.78 is 0. The van der Waals surface area contributed by atoms with Crippen LogP contribution in [0.4, 0.5) is 0 Å². The summed E-state index contributed by atoms with van der Waals surface area (Å²) in [5.41, 5.74) is 1.42. The predicted molar refractivity (Wildman–Crippen MR) is 54.8 cm³/mol. The van der Waals surface area contributed by atoms with Gasteiger partial charge in [-0.1, -0.05) is 25.1 Å². The molecule has 1 unspecified atom stereocenters. The highest BCUT2D eigenvalue weighted by Gasteiger charge is 2.29. The van der Waals surface area contributed by atoms with Crippen LogP contribution in [0.5, 0.6) is 0 Å². The van der Waals surface area contributed by atoms with E-state index in [0.717, 1.165) is 10.8 Å². The molecule has 0 bridgehead atoms. The van der Waals surface area contributed by atoms with E-state index in [1.807, 2.05) is 6.07 Å². The molecule has 0 amide bonds. The maximum Gasteiger partial charge on any atom is 0.00748 e. The fourth-order valence-corrected chi connectivity index (χ4v) is 2.09. The van der Waals surface area contributed by atoms with Gasteiger partial charge in [0.25, 0.3) is 0 Å². The highest BCUT2D eigenvalue weighted by molar-refractivity contribution is 7.80. The fourth-order valence-electron chi connectivity index (χ4n) is 1.72. The van der Waals surface area contributed by atoms with Crippen LogP contribution < -0.4 is 0 Å². The molecule has 0 radical (unpaired) electrons. The molecule has 0 N–H and O–H groups in total. The van der Waals surface area contributed by atoms with Gasteiger partial charge in [0.2, 0.25) is 0 Å². The molecule has 0 aliphatic heterocycles. The summed E-state index contributed by atoms with van der Waals surface area (Å²) >= 11 is 4.46. The Hall–Kier alpha value is -0.430. The van der Waals surface area contributed by atoms with Crippen molar-refractivity contribution in [1.82, 2.24) is 0 Å². The first-order valence-corrected chi connectivity index (χ1v) is 5.01. The van der Waals surface area contributed by atoms with Crippen LogP contribution in [0.1, 0.15) is 31.2 Å². The van der Waals surface area contributed by atoms with E-state index >= 15 is 0 Å². The SMILES string of the molecule is CC(c1ccccc1S)C1CC1. The molecule has 12 heavy (non-hydrogen) atoms. The second-order valence-corrected chi connectivity index (χ2v) is 4.17. The van der Waals surface area contributed by atoms with E-state index in [-0.39, 0.29) is 0 Å². The fraction of sp³-hybridized carbons (Fsp3) is 0.455. The third kappa shape index (κ3) is 1.51. The van der Waals surface area contributed by atoms with Gasteiger partial charge < -0.3 is 0 Å². The number of thiol groups is 1. The van der Waals surface area contributed by atoms with Crippen LogP contribution >= 0.6 is 12.6 Å². The van der Waals surface area contributed by atoms with Crippen molar-refractivity contribution in [1.29, 1.82) is 0 Å². The minimum absolute atomic E-state index is 0.707. The smallest absolute Gasteiger partial charge is 0.00748 e. The second kappa shape index (κ2) is 3.14.